The van der Waals surface area contributed by atoms with E-state index in [0.29, 0.717) is 0 Å². The third-order valence-electron chi connectivity index (χ3n) is 2.85. The van der Waals surface area contributed by atoms with Crippen molar-refractivity contribution in [3.63, 3.8) is 0 Å². The summed E-state index contributed by atoms with van der Waals surface area (Å²) in [5, 5.41) is 6.29. The fourth-order valence-electron chi connectivity index (χ4n) is 1.80. The Morgan fingerprint density at radius 3 is 2.44 bits per heavy atom. The van der Waals surface area contributed by atoms with E-state index < -0.39 is 0 Å². The highest BCUT2D eigenvalue weighted by Crippen LogP contribution is 2.18. The number of carbonyl (C=O) groups is 1. The molecule has 0 atom stereocenters. The summed E-state index contributed by atoms with van der Waals surface area (Å²) in [6, 6.07) is 5.89. The Kier molecular flexibility index (Phi) is 6.26. The smallest absolute Gasteiger partial charge is 0.251 e. The first-order chi connectivity index (χ1) is 8.72. The average Bonchev–Trinajstić information content (AvgIpc) is 2.42. The largest absolute Gasteiger partial charge is 0.385 e. The van der Waals surface area contributed by atoms with Gasteiger partial charge in [-0.1, -0.05) is 20.8 Å². The number of aryl methyl sites for hydroxylation is 1. The topological polar surface area (TPSA) is 41.1 Å². The summed E-state index contributed by atoms with van der Waals surface area (Å²) in [6.07, 6.45) is 2.99. The van der Waals surface area contributed by atoms with Gasteiger partial charge in [0.05, 0.1) is 0 Å². The summed E-state index contributed by atoms with van der Waals surface area (Å²) in [7, 11) is 0. The van der Waals surface area contributed by atoms with Crippen LogP contribution in [-0.4, -0.2) is 19.0 Å². The van der Waals surface area contributed by atoms with Gasteiger partial charge in [0.15, 0.2) is 0 Å². The van der Waals surface area contributed by atoms with Gasteiger partial charge in [-0.3, -0.25) is 4.79 Å². The predicted octanol–water partition coefficient (Wildman–Crippen LogP) is 3.21. The number of anilines is 1. The van der Waals surface area contributed by atoms with Crippen LogP contribution >= 0.6 is 0 Å². The van der Waals surface area contributed by atoms with E-state index in [0.717, 1.165) is 43.6 Å². The van der Waals surface area contributed by atoms with Gasteiger partial charge in [0.1, 0.15) is 0 Å². The summed E-state index contributed by atoms with van der Waals surface area (Å²) in [6.45, 7) is 8.01. The van der Waals surface area contributed by atoms with Gasteiger partial charge in [0.25, 0.3) is 5.91 Å². The lowest BCUT2D eigenvalue weighted by Gasteiger charge is -2.12. The molecule has 0 saturated carbocycles. The average molecular weight is 248 g/mol. The molecule has 0 aromatic heterocycles. The van der Waals surface area contributed by atoms with E-state index in [9.17, 15) is 4.79 Å². The second-order valence-corrected chi connectivity index (χ2v) is 4.41. The standard InChI is InChI=1S/C15H24N2O/c1-4-9-16-14-8-7-13(11-12(14)6-3)15(18)17-10-5-2/h7-8,11,16H,4-6,9-10H2,1-3H3,(H,17,18). The molecule has 0 bridgehead atoms. The fraction of sp³-hybridized carbons (Fsp3) is 0.533. The van der Waals surface area contributed by atoms with Crippen molar-refractivity contribution in [1.29, 1.82) is 0 Å². The third kappa shape index (κ3) is 4.06. The van der Waals surface area contributed by atoms with Crippen molar-refractivity contribution in [1.82, 2.24) is 5.32 Å². The Labute approximate surface area is 110 Å². The van der Waals surface area contributed by atoms with Crippen molar-refractivity contribution in [3.8, 4) is 0 Å². The molecule has 0 aliphatic rings. The molecule has 3 heteroatoms. The van der Waals surface area contributed by atoms with Crippen molar-refractivity contribution in [2.75, 3.05) is 18.4 Å². The zero-order chi connectivity index (χ0) is 13.4. The number of amides is 1. The first-order valence-electron chi connectivity index (χ1n) is 6.87. The normalized spacial score (nSPS) is 10.2. The lowest BCUT2D eigenvalue weighted by Crippen LogP contribution is -2.24. The second-order valence-electron chi connectivity index (χ2n) is 4.41. The number of rotatable bonds is 7. The summed E-state index contributed by atoms with van der Waals surface area (Å²) in [4.78, 5) is 11.9. The van der Waals surface area contributed by atoms with Crippen LogP contribution in [0.2, 0.25) is 0 Å². The van der Waals surface area contributed by atoms with Gasteiger partial charge in [-0.05, 0) is 43.0 Å². The first kappa shape index (κ1) is 14.6. The van der Waals surface area contributed by atoms with E-state index in [1.807, 2.05) is 18.2 Å². The van der Waals surface area contributed by atoms with E-state index in [1.165, 1.54) is 5.56 Å². The number of nitrogens with one attached hydrogen (secondary N) is 2. The molecular formula is C15H24N2O. The van der Waals surface area contributed by atoms with E-state index in [4.69, 9.17) is 0 Å². The molecule has 0 unspecified atom stereocenters. The van der Waals surface area contributed by atoms with Gasteiger partial charge >= 0.3 is 0 Å². The highest BCUT2D eigenvalue weighted by atomic mass is 16.1. The molecule has 100 valence electrons. The maximum atomic E-state index is 11.9. The number of benzene rings is 1. The predicted molar refractivity (Wildman–Crippen MR) is 77.2 cm³/mol. The molecule has 1 amide bonds. The Hall–Kier alpha value is -1.51. The van der Waals surface area contributed by atoms with Gasteiger partial charge in [-0.15, -0.1) is 0 Å². The van der Waals surface area contributed by atoms with Crippen LogP contribution in [0.15, 0.2) is 18.2 Å². The third-order valence-corrected chi connectivity index (χ3v) is 2.85. The minimum Gasteiger partial charge on any atom is -0.385 e. The molecule has 3 nitrogen and oxygen atoms in total. The van der Waals surface area contributed by atoms with Crippen LogP contribution in [0.3, 0.4) is 0 Å². The molecule has 0 heterocycles. The zero-order valence-corrected chi connectivity index (χ0v) is 11.7. The van der Waals surface area contributed by atoms with E-state index in [2.05, 4.69) is 31.4 Å². The van der Waals surface area contributed by atoms with E-state index in [-0.39, 0.29) is 5.91 Å². The molecule has 1 aromatic rings. The van der Waals surface area contributed by atoms with Gasteiger partial charge in [0.2, 0.25) is 0 Å². The Morgan fingerprint density at radius 2 is 1.83 bits per heavy atom. The molecule has 0 aliphatic carbocycles. The maximum Gasteiger partial charge on any atom is 0.251 e. The van der Waals surface area contributed by atoms with Crippen molar-refractivity contribution >= 4 is 11.6 Å². The molecular weight excluding hydrogens is 224 g/mol. The molecule has 0 spiro atoms. The Morgan fingerprint density at radius 1 is 1.11 bits per heavy atom. The van der Waals surface area contributed by atoms with Crippen molar-refractivity contribution < 1.29 is 4.79 Å². The van der Waals surface area contributed by atoms with Crippen LogP contribution in [0.5, 0.6) is 0 Å². The molecule has 1 rings (SSSR count). The number of hydrogen-bond donors (Lipinski definition) is 2. The van der Waals surface area contributed by atoms with E-state index >= 15 is 0 Å². The lowest BCUT2D eigenvalue weighted by atomic mass is 10.1. The molecule has 0 fully saturated rings. The van der Waals surface area contributed by atoms with Crippen LogP contribution < -0.4 is 10.6 Å². The lowest BCUT2D eigenvalue weighted by molar-refractivity contribution is 0.0953. The Bertz CT molecular complexity index is 388. The quantitative estimate of drug-likeness (QED) is 0.778. The second kappa shape index (κ2) is 7.75. The summed E-state index contributed by atoms with van der Waals surface area (Å²) >= 11 is 0. The van der Waals surface area contributed by atoms with Crippen molar-refractivity contribution in [3.05, 3.63) is 29.3 Å². The van der Waals surface area contributed by atoms with Gasteiger partial charge in [0, 0.05) is 24.3 Å². The van der Waals surface area contributed by atoms with Crippen LogP contribution in [0.25, 0.3) is 0 Å². The van der Waals surface area contributed by atoms with Crippen LogP contribution in [0, 0.1) is 0 Å². The number of carbonyl (C=O) groups excluding carboxylic acids is 1. The molecule has 0 saturated heterocycles. The summed E-state index contributed by atoms with van der Waals surface area (Å²) in [5.74, 6) is 0.0218. The maximum absolute atomic E-state index is 11.9. The first-order valence-corrected chi connectivity index (χ1v) is 6.87. The molecule has 1 aromatic carbocycles. The van der Waals surface area contributed by atoms with Crippen molar-refractivity contribution in [2.45, 2.75) is 40.0 Å². The highest BCUT2D eigenvalue weighted by Gasteiger charge is 2.07. The number of hydrogen-bond acceptors (Lipinski definition) is 2. The summed E-state index contributed by atoms with van der Waals surface area (Å²) in [5.41, 5.74) is 3.10. The van der Waals surface area contributed by atoms with Gasteiger partial charge in [-0.25, -0.2) is 0 Å². The van der Waals surface area contributed by atoms with Crippen LogP contribution in [0.4, 0.5) is 5.69 Å². The molecule has 2 N–H and O–H groups in total. The monoisotopic (exact) mass is 248 g/mol. The van der Waals surface area contributed by atoms with E-state index in [1.54, 1.807) is 0 Å². The van der Waals surface area contributed by atoms with Crippen LogP contribution in [0.1, 0.15) is 49.5 Å². The molecule has 18 heavy (non-hydrogen) atoms. The molecule has 0 aliphatic heterocycles. The SMILES string of the molecule is CCCNC(=O)c1ccc(NCCC)c(CC)c1. The fourth-order valence-corrected chi connectivity index (χ4v) is 1.80. The summed E-state index contributed by atoms with van der Waals surface area (Å²) < 4.78 is 0. The minimum absolute atomic E-state index is 0.0218. The molecule has 0 radical (unpaired) electrons. The van der Waals surface area contributed by atoms with Gasteiger partial charge < -0.3 is 10.6 Å². The van der Waals surface area contributed by atoms with Crippen molar-refractivity contribution in [2.24, 2.45) is 0 Å². The van der Waals surface area contributed by atoms with Gasteiger partial charge in [-0.2, -0.15) is 0 Å². The highest BCUT2D eigenvalue weighted by molar-refractivity contribution is 5.94. The minimum atomic E-state index is 0.0218. The zero-order valence-electron chi connectivity index (χ0n) is 11.7. The van der Waals surface area contributed by atoms with Crippen LogP contribution in [-0.2, 0) is 6.42 Å². The Balaban J connectivity index is 2.80.